The minimum absolute atomic E-state index is 0.0242. The van der Waals surface area contributed by atoms with Crippen molar-refractivity contribution in [3.05, 3.63) is 73.6 Å². The van der Waals surface area contributed by atoms with Crippen LogP contribution in [0.1, 0.15) is 57.7 Å². The molecule has 4 aromatic rings. The summed E-state index contributed by atoms with van der Waals surface area (Å²) >= 11 is 1.35. The molecule has 36 heavy (non-hydrogen) atoms. The zero-order chi connectivity index (χ0) is 25.7. The number of aryl methyl sites for hydroxylation is 2. The van der Waals surface area contributed by atoms with Gasteiger partial charge in [-0.15, -0.1) is 10.2 Å². The summed E-state index contributed by atoms with van der Waals surface area (Å²) in [6.07, 6.45) is 0.743. The average Bonchev–Trinajstić information content (AvgIpc) is 3.41. The molecule has 1 aliphatic heterocycles. The fourth-order valence-corrected chi connectivity index (χ4v) is 5.61. The summed E-state index contributed by atoms with van der Waals surface area (Å²) < 4.78 is 17.0. The number of benzene rings is 2. The number of carbonyl (C=O) groups is 1. The Morgan fingerprint density at radius 3 is 2.44 bits per heavy atom. The first-order valence-corrected chi connectivity index (χ1v) is 12.5. The van der Waals surface area contributed by atoms with E-state index in [1.807, 2.05) is 26.0 Å². The van der Waals surface area contributed by atoms with Gasteiger partial charge >= 0.3 is 0 Å². The Morgan fingerprint density at radius 2 is 1.75 bits per heavy atom. The van der Waals surface area contributed by atoms with E-state index in [1.54, 1.807) is 32.4 Å². The van der Waals surface area contributed by atoms with E-state index in [9.17, 15) is 9.59 Å². The van der Waals surface area contributed by atoms with E-state index in [4.69, 9.17) is 13.9 Å². The summed E-state index contributed by atoms with van der Waals surface area (Å²) in [4.78, 5) is 29.2. The maximum absolute atomic E-state index is 13.9. The summed E-state index contributed by atoms with van der Waals surface area (Å²) in [5.74, 6) is 1.03. The molecule has 0 N–H and O–H groups in total. The molecule has 9 heteroatoms. The molecular formula is C27H27N3O5S. The molecular weight excluding hydrogens is 478 g/mol. The number of anilines is 1. The first kappa shape index (κ1) is 24.0. The molecule has 8 nitrogen and oxygen atoms in total. The van der Waals surface area contributed by atoms with Gasteiger partial charge in [-0.2, -0.15) is 0 Å². The van der Waals surface area contributed by atoms with E-state index in [0.29, 0.717) is 39.1 Å². The number of ether oxygens (including phenoxy) is 2. The van der Waals surface area contributed by atoms with Gasteiger partial charge in [0.2, 0.25) is 10.9 Å². The van der Waals surface area contributed by atoms with E-state index in [2.05, 4.69) is 24.0 Å². The number of methoxy groups -OCH3 is 2. The van der Waals surface area contributed by atoms with Crippen molar-refractivity contribution in [3.8, 4) is 11.5 Å². The van der Waals surface area contributed by atoms with Crippen molar-refractivity contribution in [2.45, 2.75) is 40.2 Å². The molecule has 0 spiro atoms. The number of nitrogens with zero attached hydrogens (tertiary/aromatic N) is 3. The van der Waals surface area contributed by atoms with Gasteiger partial charge in [-0.25, -0.2) is 0 Å². The molecule has 0 aliphatic carbocycles. The number of fused-ring (bicyclic) bond motifs is 2. The highest BCUT2D eigenvalue weighted by Crippen LogP contribution is 2.44. The van der Waals surface area contributed by atoms with Crippen LogP contribution in [0.3, 0.4) is 0 Å². The van der Waals surface area contributed by atoms with Crippen LogP contribution in [0, 0.1) is 19.8 Å². The number of carbonyl (C=O) groups excluding carboxylic acids is 1. The fraction of sp³-hybridized carbons (Fsp3) is 0.333. The fourth-order valence-electron chi connectivity index (χ4n) is 4.54. The van der Waals surface area contributed by atoms with Gasteiger partial charge in [-0.3, -0.25) is 14.5 Å². The van der Waals surface area contributed by atoms with Gasteiger partial charge in [0.05, 0.1) is 31.2 Å². The predicted molar refractivity (Wildman–Crippen MR) is 139 cm³/mol. The summed E-state index contributed by atoms with van der Waals surface area (Å²) in [6, 6.07) is 8.23. The second-order valence-electron chi connectivity index (χ2n) is 9.38. The summed E-state index contributed by atoms with van der Waals surface area (Å²) in [5, 5.41) is 10.3. The molecule has 2 aromatic heterocycles. The molecule has 0 saturated heterocycles. The number of hydrogen-bond acceptors (Lipinski definition) is 8. The lowest BCUT2D eigenvalue weighted by Crippen LogP contribution is -2.29. The summed E-state index contributed by atoms with van der Waals surface area (Å²) in [7, 11) is 3.10. The van der Waals surface area contributed by atoms with Crippen LogP contribution in [-0.4, -0.2) is 30.3 Å². The molecule has 2 aromatic carbocycles. The lowest BCUT2D eigenvalue weighted by Gasteiger charge is -2.23. The Labute approximate surface area is 212 Å². The van der Waals surface area contributed by atoms with Gasteiger partial charge in [0.15, 0.2) is 16.9 Å². The van der Waals surface area contributed by atoms with Crippen LogP contribution in [0.2, 0.25) is 0 Å². The van der Waals surface area contributed by atoms with Crippen LogP contribution in [0.4, 0.5) is 5.13 Å². The molecule has 1 aliphatic rings. The van der Waals surface area contributed by atoms with Crippen LogP contribution >= 0.6 is 11.3 Å². The van der Waals surface area contributed by atoms with E-state index in [0.717, 1.165) is 22.6 Å². The summed E-state index contributed by atoms with van der Waals surface area (Å²) in [6.45, 7) is 8.09. The molecule has 3 heterocycles. The topological polar surface area (TPSA) is 94.8 Å². The Morgan fingerprint density at radius 1 is 1.03 bits per heavy atom. The highest BCUT2D eigenvalue weighted by molar-refractivity contribution is 7.15. The summed E-state index contributed by atoms with van der Waals surface area (Å²) in [5.41, 5.74) is 3.06. The molecule has 5 rings (SSSR count). The van der Waals surface area contributed by atoms with Crippen molar-refractivity contribution >= 4 is 33.3 Å². The highest BCUT2D eigenvalue weighted by atomic mass is 32.1. The van der Waals surface area contributed by atoms with Crippen molar-refractivity contribution in [2.75, 3.05) is 19.1 Å². The lowest BCUT2D eigenvalue weighted by molar-refractivity contribution is 0.0970. The minimum atomic E-state index is -0.755. The number of hydrogen-bond donors (Lipinski definition) is 0. The third kappa shape index (κ3) is 3.83. The van der Waals surface area contributed by atoms with Gasteiger partial charge in [0.25, 0.3) is 5.91 Å². The van der Waals surface area contributed by atoms with Crippen molar-refractivity contribution in [2.24, 2.45) is 5.92 Å². The Balaban J connectivity index is 1.76. The van der Waals surface area contributed by atoms with Crippen LogP contribution in [0.15, 0.2) is 39.5 Å². The quantitative estimate of drug-likeness (QED) is 0.354. The third-order valence-electron chi connectivity index (χ3n) is 6.45. The van der Waals surface area contributed by atoms with Crippen LogP contribution in [0.5, 0.6) is 11.5 Å². The molecule has 0 fully saturated rings. The predicted octanol–water partition coefficient (Wildman–Crippen LogP) is 5.23. The first-order valence-electron chi connectivity index (χ1n) is 11.7. The standard InChI is InChI=1S/C27H27N3O5S/c1-13(2)9-21-28-29-27(36-21)30-23(16-7-8-18(33-5)20(12-16)34-6)22-24(31)17-10-14(3)15(4)11-19(17)35-25(22)26(30)32/h7-8,10-13,23H,9H2,1-6H3/t23-/m0/s1. The maximum Gasteiger partial charge on any atom is 0.297 e. The number of aromatic nitrogens is 2. The molecule has 0 bridgehead atoms. The van der Waals surface area contributed by atoms with Gasteiger partial charge < -0.3 is 13.9 Å². The third-order valence-corrected chi connectivity index (χ3v) is 7.40. The minimum Gasteiger partial charge on any atom is -0.493 e. The first-order chi connectivity index (χ1) is 17.2. The normalized spacial score (nSPS) is 15.1. The van der Waals surface area contributed by atoms with E-state index < -0.39 is 11.9 Å². The Hall–Kier alpha value is -3.72. The largest absolute Gasteiger partial charge is 0.493 e. The Bertz CT molecular complexity index is 1560. The molecule has 0 radical (unpaired) electrons. The number of rotatable bonds is 6. The van der Waals surface area contributed by atoms with Crippen LogP contribution in [-0.2, 0) is 6.42 Å². The van der Waals surface area contributed by atoms with Crippen LogP contribution < -0.4 is 19.8 Å². The van der Waals surface area contributed by atoms with Crippen molar-refractivity contribution in [1.29, 1.82) is 0 Å². The average molecular weight is 506 g/mol. The van der Waals surface area contributed by atoms with Crippen LogP contribution in [0.25, 0.3) is 11.0 Å². The highest BCUT2D eigenvalue weighted by Gasteiger charge is 2.45. The van der Waals surface area contributed by atoms with Gasteiger partial charge in [0.1, 0.15) is 10.6 Å². The maximum atomic E-state index is 13.9. The SMILES string of the molecule is COc1ccc([C@H]2c3c(oc4cc(C)c(C)cc4c3=O)C(=O)N2c2nnc(CC(C)C)s2)cc1OC. The van der Waals surface area contributed by atoms with E-state index >= 15 is 0 Å². The zero-order valence-electron chi connectivity index (χ0n) is 21.0. The van der Waals surface area contributed by atoms with Gasteiger partial charge in [-0.1, -0.05) is 31.3 Å². The second-order valence-corrected chi connectivity index (χ2v) is 10.4. The van der Waals surface area contributed by atoms with Crippen molar-refractivity contribution < 1.29 is 18.7 Å². The van der Waals surface area contributed by atoms with Crippen molar-refractivity contribution in [1.82, 2.24) is 10.2 Å². The van der Waals surface area contributed by atoms with E-state index in [1.165, 1.54) is 16.2 Å². The number of amides is 1. The zero-order valence-corrected chi connectivity index (χ0v) is 21.9. The van der Waals surface area contributed by atoms with Crippen molar-refractivity contribution in [3.63, 3.8) is 0 Å². The lowest BCUT2D eigenvalue weighted by atomic mass is 9.97. The van der Waals surface area contributed by atoms with E-state index in [-0.39, 0.29) is 16.8 Å². The smallest absolute Gasteiger partial charge is 0.297 e. The second kappa shape index (κ2) is 9.05. The molecule has 1 amide bonds. The molecule has 0 unspecified atom stereocenters. The van der Waals surface area contributed by atoms with Gasteiger partial charge in [0, 0.05) is 6.42 Å². The molecule has 0 saturated carbocycles. The molecule has 1 atom stereocenters. The van der Waals surface area contributed by atoms with Gasteiger partial charge in [-0.05, 0) is 60.7 Å². The molecule has 186 valence electrons. The Kier molecular flexibility index (Phi) is 6.04. The monoisotopic (exact) mass is 505 g/mol.